The van der Waals surface area contributed by atoms with Crippen LogP contribution in [0.25, 0.3) is 0 Å². The molecule has 4 heterocycles. The first kappa shape index (κ1) is 35.1. The SMILES string of the molecule is C=S1(=O)NC(=O)c2ccc3c(n2)N(C[C@@H]2CC[C@H]2[C@@H](C2OCC(N(C)C)CO2)CCC[C@H](C)[C@H]1C)C[C@@]1(CCCc2cc(Cl)ccc21)CO3. The molecule has 11 heteroatoms. The number of nitrogens with one attached hydrogen (secondary N) is 1. The van der Waals surface area contributed by atoms with E-state index in [1.807, 2.05) is 19.1 Å². The zero-order chi connectivity index (χ0) is 34.5. The summed E-state index contributed by atoms with van der Waals surface area (Å²) in [6.45, 7) is 7.43. The second kappa shape index (κ2) is 14.0. The third kappa shape index (κ3) is 6.97. The molecule has 0 radical (unpaired) electrons. The Labute approximate surface area is 297 Å². The van der Waals surface area contributed by atoms with Crippen molar-refractivity contribution in [2.45, 2.75) is 88.2 Å². The highest BCUT2D eigenvalue weighted by Gasteiger charge is 2.47. The van der Waals surface area contributed by atoms with Gasteiger partial charge in [-0.2, -0.15) is 0 Å². The summed E-state index contributed by atoms with van der Waals surface area (Å²) >= 11 is 6.48. The average molecular weight is 713 g/mol. The zero-order valence-corrected chi connectivity index (χ0v) is 31.1. The number of halogens is 1. The molecule has 1 N–H and O–H groups in total. The number of carbonyl (C=O) groups is 1. The van der Waals surface area contributed by atoms with E-state index in [1.54, 1.807) is 6.07 Å². The molecule has 2 aliphatic carbocycles. The summed E-state index contributed by atoms with van der Waals surface area (Å²) in [5, 5.41) is 0.455. The van der Waals surface area contributed by atoms with E-state index >= 15 is 0 Å². The van der Waals surface area contributed by atoms with Crippen LogP contribution >= 0.6 is 11.6 Å². The highest BCUT2D eigenvalue weighted by atomic mass is 35.5. The molecular formula is C38H53ClN4O5S. The number of nitrogens with zero attached hydrogens (tertiary/aromatic N) is 3. The quantitative estimate of drug-likeness (QED) is 0.396. The van der Waals surface area contributed by atoms with Gasteiger partial charge in [-0.1, -0.05) is 31.0 Å². The number of hydrogen-bond donors (Lipinski definition) is 1. The Kier molecular flexibility index (Phi) is 10.0. The Hall–Kier alpha value is -2.37. The molecule has 1 aromatic heterocycles. The Morgan fingerprint density at radius 1 is 1.06 bits per heavy atom. The lowest BCUT2D eigenvalue weighted by atomic mass is 9.64. The number of aryl methyl sites for hydroxylation is 1. The number of amides is 1. The third-order valence-electron chi connectivity index (χ3n) is 12.4. The van der Waals surface area contributed by atoms with Crippen LogP contribution in [-0.4, -0.2) is 90.5 Å². The molecule has 268 valence electrons. The maximum absolute atomic E-state index is 13.9. The average Bonchev–Trinajstić information content (AvgIpc) is 3.21. The highest BCUT2D eigenvalue weighted by molar-refractivity contribution is 7.99. The molecule has 5 aliphatic rings. The van der Waals surface area contributed by atoms with Crippen LogP contribution in [0.2, 0.25) is 5.02 Å². The number of hydrogen-bond acceptors (Lipinski definition) is 8. The van der Waals surface area contributed by atoms with Gasteiger partial charge in [0.2, 0.25) is 0 Å². The van der Waals surface area contributed by atoms with E-state index in [1.165, 1.54) is 11.1 Å². The monoisotopic (exact) mass is 712 g/mol. The van der Waals surface area contributed by atoms with Gasteiger partial charge in [-0.25, -0.2) is 9.19 Å². The van der Waals surface area contributed by atoms with Gasteiger partial charge in [0.05, 0.1) is 35.6 Å². The molecular weight excluding hydrogens is 660 g/mol. The molecule has 2 aromatic rings. The van der Waals surface area contributed by atoms with Crippen LogP contribution in [0.5, 0.6) is 5.75 Å². The van der Waals surface area contributed by atoms with Gasteiger partial charge in [-0.3, -0.25) is 9.52 Å². The van der Waals surface area contributed by atoms with E-state index in [4.69, 9.17) is 30.8 Å². The number of likely N-dealkylation sites (N-methyl/N-ethyl adjacent to an activating group) is 1. The van der Waals surface area contributed by atoms with Crippen LogP contribution in [0.3, 0.4) is 0 Å². The number of carbonyl (C=O) groups excluding carboxylic acids is 1. The van der Waals surface area contributed by atoms with Crippen molar-refractivity contribution in [3.8, 4) is 5.75 Å². The first-order valence-electron chi connectivity index (χ1n) is 18.2. The summed E-state index contributed by atoms with van der Waals surface area (Å²) in [5.41, 5.74) is 2.56. The Bertz CT molecular complexity index is 1650. The minimum absolute atomic E-state index is 0.107. The maximum Gasteiger partial charge on any atom is 0.281 e. The van der Waals surface area contributed by atoms with Crippen LogP contribution < -0.4 is 14.4 Å². The van der Waals surface area contributed by atoms with Gasteiger partial charge in [-0.05, 0) is 125 Å². The first-order valence-corrected chi connectivity index (χ1v) is 20.4. The fraction of sp³-hybridized carbons (Fsp3) is 0.658. The number of aromatic nitrogens is 1. The van der Waals surface area contributed by atoms with E-state index in [9.17, 15) is 9.00 Å². The van der Waals surface area contributed by atoms with Gasteiger partial charge in [-0.15, -0.1) is 0 Å². The lowest BCUT2D eigenvalue weighted by molar-refractivity contribution is -0.240. The van der Waals surface area contributed by atoms with Crippen molar-refractivity contribution in [1.29, 1.82) is 0 Å². The van der Waals surface area contributed by atoms with E-state index in [-0.39, 0.29) is 40.5 Å². The van der Waals surface area contributed by atoms with Crippen molar-refractivity contribution in [3.05, 3.63) is 52.2 Å². The summed E-state index contributed by atoms with van der Waals surface area (Å²) in [4.78, 5) is 23.2. The number of benzene rings is 1. The lowest BCUT2D eigenvalue weighted by Crippen LogP contribution is -2.52. The minimum atomic E-state index is -2.94. The first-order chi connectivity index (χ1) is 23.4. The van der Waals surface area contributed by atoms with Crippen LogP contribution in [0.4, 0.5) is 5.82 Å². The van der Waals surface area contributed by atoms with Crippen LogP contribution in [0.1, 0.15) is 80.4 Å². The van der Waals surface area contributed by atoms with Crippen molar-refractivity contribution in [2.75, 3.05) is 51.9 Å². The number of pyridine rings is 1. The van der Waals surface area contributed by atoms with E-state index in [0.29, 0.717) is 43.2 Å². The molecule has 1 amide bonds. The predicted octanol–water partition coefficient (Wildman–Crippen LogP) is 5.72. The molecule has 7 atom stereocenters. The fourth-order valence-corrected chi connectivity index (χ4v) is 10.7. The highest BCUT2D eigenvalue weighted by Crippen LogP contribution is 2.48. The molecule has 1 unspecified atom stereocenters. The molecule has 2 bridgehead atoms. The second-order valence-electron chi connectivity index (χ2n) is 15.7. The van der Waals surface area contributed by atoms with Crippen molar-refractivity contribution < 1.29 is 23.2 Å². The molecule has 9 nitrogen and oxygen atoms in total. The van der Waals surface area contributed by atoms with Crippen LogP contribution in [0, 0.1) is 23.7 Å². The van der Waals surface area contributed by atoms with Gasteiger partial charge in [0.1, 0.15) is 5.69 Å². The molecule has 1 aromatic carbocycles. The van der Waals surface area contributed by atoms with Crippen LogP contribution in [0.15, 0.2) is 30.3 Å². The fourth-order valence-electron chi connectivity index (χ4n) is 8.97. The van der Waals surface area contributed by atoms with Gasteiger partial charge in [0.25, 0.3) is 5.91 Å². The second-order valence-corrected chi connectivity index (χ2v) is 18.5. The Morgan fingerprint density at radius 3 is 2.59 bits per heavy atom. The molecule has 49 heavy (non-hydrogen) atoms. The number of rotatable bonds is 2. The summed E-state index contributed by atoms with van der Waals surface area (Å²) < 4.78 is 36.3. The molecule has 1 spiro atoms. The standard InChI is InChI=1S/C38H53ClN4O5S/c1-24-8-6-10-31(37-46-20-29(21-47-37)42(3)4)30-13-11-27(30)19-43-22-38(17-7-9-26-18-28(39)12-14-32(26)38)23-48-34-16-15-33(40-35(34)43)36(44)41-49(5,45)25(24)2/h12,14-16,18,24-25,27,29-31,37H,5-11,13,17,19-23H2,1-4H3,(H,41,44,45)/t24-,25+,27-,29?,30+,31-,37?,38-,49?/m0/s1. The van der Waals surface area contributed by atoms with Crippen molar-refractivity contribution in [1.82, 2.24) is 14.6 Å². The Balaban J connectivity index is 1.26. The molecule has 1 saturated carbocycles. The summed E-state index contributed by atoms with van der Waals surface area (Å²) in [6, 6.07) is 10.1. The number of fused-ring (bicyclic) bond motifs is 4. The molecule has 7 rings (SSSR count). The predicted molar refractivity (Wildman–Crippen MR) is 196 cm³/mol. The lowest BCUT2D eigenvalue weighted by Gasteiger charge is -2.49. The Morgan fingerprint density at radius 2 is 1.86 bits per heavy atom. The number of ether oxygens (including phenoxy) is 3. The van der Waals surface area contributed by atoms with E-state index in [2.05, 4.69) is 53.5 Å². The number of anilines is 1. The van der Waals surface area contributed by atoms with Crippen molar-refractivity contribution >= 4 is 38.9 Å². The summed E-state index contributed by atoms with van der Waals surface area (Å²) in [7, 11) is 1.21. The topological polar surface area (TPSA) is 93.2 Å². The smallest absolute Gasteiger partial charge is 0.281 e. The largest absolute Gasteiger partial charge is 0.489 e. The third-order valence-corrected chi connectivity index (χ3v) is 14.9. The summed E-state index contributed by atoms with van der Waals surface area (Å²) in [5.74, 6) is 6.14. The normalized spacial score (nSPS) is 36.9. The molecule has 3 aliphatic heterocycles. The van der Waals surface area contributed by atoms with Crippen molar-refractivity contribution in [2.24, 2.45) is 23.7 Å². The van der Waals surface area contributed by atoms with Gasteiger partial charge in [0, 0.05) is 34.7 Å². The summed E-state index contributed by atoms with van der Waals surface area (Å²) in [6.07, 6.45) is 7.88. The maximum atomic E-state index is 13.9. The minimum Gasteiger partial charge on any atom is -0.489 e. The van der Waals surface area contributed by atoms with Gasteiger partial charge >= 0.3 is 0 Å². The van der Waals surface area contributed by atoms with Crippen molar-refractivity contribution in [3.63, 3.8) is 0 Å². The zero-order valence-electron chi connectivity index (χ0n) is 29.5. The molecule has 2 fully saturated rings. The van der Waals surface area contributed by atoms with E-state index in [0.717, 1.165) is 69.5 Å². The van der Waals surface area contributed by atoms with Crippen LogP contribution in [-0.2, 0) is 31.0 Å². The van der Waals surface area contributed by atoms with E-state index < -0.39 is 15.6 Å². The van der Waals surface area contributed by atoms with Gasteiger partial charge < -0.3 is 24.0 Å². The van der Waals surface area contributed by atoms with Gasteiger partial charge in [0.15, 0.2) is 17.9 Å². The molecule has 1 saturated heterocycles.